The zero-order chi connectivity index (χ0) is 51.9. The summed E-state index contributed by atoms with van der Waals surface area (Å²) in [6.07, 6.45) is 9.29. The molecule has 20 nitrogen and oxygen atoms in total. The molecule has 0 unspecified atom stereocenters. The van der Waals surface area contributed by atoms with Crippen LogP contribution >= 0.6 is 11.8 Å². The van der Waals surface area contributed by atoms with Crippen LogP contribution in [0.5, 0.6) is 0 Å². The van der Waals surface area contributed by atoms with Crippen molar-refractivity contribution in [3.8, 4) is 0 Å². The molecule has 2 saturated heterocycles. The van der Waals surface area contributed by atoms with Gasteiger partial charge in [-0.2, -0.15) is 11.8 Å². The highest BCUT2D eigenvalue weighted by atomic mass is 32.2. The summed E-state index contributed by atoms with van der Waals surface area (Å²) in [4.78, 5) is 88.8. The second-order valence-corrected chi connectivity index (χ2v) is 19.7. The molecule has 1 aliphatic carbocycles. The number of fused-ring (bicyclic) bond motifs is 3. The molecule has 4 rings (SSSR count). The lowest BCUT2D eigenvalue weighted by Crippen LogP contribution is -2.38. The smallest absolute Gasteiger partial charge is 0.405 e. The summed E-state index contributed by atoms with van der Waals surface area (Å²) in [7, 11) is 2.90. The van der Waals surface area contributed by atoms with Gasteiger partial charge in [-0.3, -0.25) is 24.0 Å². The van der Waals surface area contributed by atoms with Crippen LogP contribution in [0.3, 0.4) is 0 Å². The monoisotopic (exact) mass is 1020 g/mol. The average Bonchev–Trinajstić information content (AvgIpc) is 3.89. The van der Waals surface area contributed by atoms with E-state index >= 15 is 0 Å². The van der Waals surface area contributed by atoms with Crippen molar-refractivity contribution in [2.24, 2.45) is 17.6 Å². The zero-order valence-corrected chi connectivity index (χ0v) is 43.0. The number of methoxy groups -OCH3 is 2. The van der Waals surface area contributed by atoms with E-state index in [-0.39, 0.29) is 91.2 Å². The van der Waals surface area contributed by atoms with Crippen molar-refractivity contribution in [2.45, 2.75) is 134 Å². The number of Topliss-reactive ketones (excluding diaryl/α,β-unsaturated/α-hetero) is 1. The van der Waals surface area contributed by atoms with Gasteiger partial charge < -0.3 is 66.4 Å². The fourth-order valence-corrected chi connectivity index (χ4v) is 10.4. The maximum atomic E-state index is 14.0. The minimum atomic E-state index is -1.02. The van der Waals surface area contributed by atoms with Crippen molar-refractivity contribution in [1.29, 1.82) is 0 Å². The Morgan fingerprint density at radius 2 is 1.56 bits per heavy atom. The molecule has 3 heterocycles. The van der Waals surface area contributed by atoms with Crippen molar-refractivity contribution < 1.29 is 62.4 Å². The second kappa shape index (κ2) is 30.7. The number of rotatable bonds is 24. The molecule has 396 valence electrons. The number of unbranched alkanes of at least 4 members (excludes halogenated alkanes) is 3. The Morgan fingerprint density at radius 1 is 0.873 bits per heavy atom. The Labute approximate surface area is 421 Å². The van der Waals surface area contributed by atoms with Crippen LogP contribution in [0.4, 0.5) is 9.59 Å². The van der Waals surface area contributed by atoms with Gasteiger partial charge >= 0.3 is 12.1 Å². The van der Waals surface area contributed by atoms with Gasteiger partial charge in [-0.1, -0.05) is 51.0 Å². The molecular formula is C50H77N7O13S. The van der Waals surface area contributed by atoms with E-state index in [1.807, 2.05) is 18.7 Å². The third-order valence-corrected chi connectivity index (χ3v) is 14.3. The molecule has 71 heavy (non-hydrogen) atoms. The van der Waals surface area contributed by atoms with Crippen LogP contribution in [0.2, 0.25) is 0 Å². The van der Waals surface area contributed by atoms with Crippen LogP contribution in [0.25, 0.3) is 0 Å². The minimum absolute atomic E-state index is 0.0405. The number of aliphatic hydroxyl groups excluding tert-OH is 1. The number of hydrogen-bond donors (Lipinski definition) is 8. The second-order valence-electron chi connectivity index (χ2n) is 18.5. The number of carbonyl (C=O) groups is 7. The molecular weight excluding hydrogens is 939 g/mol. The van der Waals surface area contributed by atoms with Crippen LogP contribution in [0.15, 0.2) is 58.5 Å². The first kappa shape index (κ1) is 58.5. The van der Waals surface area contributed by atoms with Gasteiger partial charge in [-0.05, 0) is 63.9 Å². The number of ether oxygens (including phenoxy) is 5. The highest BCUT2D eigenvalue weighted by molar-refractivity contribution is 8.00. The van der Waals surface area contributed by atoms with Crippen LogP contribution in [0.1, 0.15) is 91.9 Å². The number of hydrogen-bond acceptors (Lipinski definition) is 15. The van der Waals surface area contributed by atoms with Crippen LogP contribution < -0.4 is 37.6 Å². The Balaban J connectivity index is 1.16. The van der Waals surface area contributed by atoms with Gasteiger partial charge in [-0.15, -0.1) is 0 Å². The lowest BCUT2D eigenvalue weighted by atomic mass is 9.85. The zero-order valence-electron chi connectivity index (χ0n) is 42.1. The molecule has 0 aromatic heterocycles. The number of aliphatic hydroxyl groups is 1. The number of thioether (sulfide) groups is 1. The molecule has 9 atom stereocenters. The highest BCUT2D eigenvalue weighted by Gasteiger charge is 2.42. The standard InChI is InChI=1S/C50H77N7O13S/c1-30-25-34-43(37(58)28-35(46(34)62)55-48(63)31(2)13-12-14-38(66-5)47(70-49(51)64)33(4)27-32(3)45(61)39(26-30)67-6)54-20-22-69-24-23-68-21-19-53-42(60)16-8-7-11-18-52-41(59)17-10-9-15-40-44-36(29-71-40)56-50(65)57-44/h12-14,27-28,30,32,36,38-40,44-45,47,54,61H,7-11,15-26,29H2,1-6H3,(H2,51,64)(H,52,59)(H,53,60)(H,55,63)(H2,56,57,65)/b14-12-,31-13+,33-27+/t30-,32+,36+,38-,39+,40+,44+,45-,47+/m0/s1. The molecule has 0 radical (unpaired) electrons. The minimum Gasteiger partial charge on any atom is -0.439 e. The summed E-state index contributed by atoms with van der Waals surface area (Å²) in [5, 5.41) is 29.3. The normalized spacial score (nSPS) is 28.3. The number of carbonyl (C=O) groups excluding carboxylic acids is 7. The Bertz CT molecular complexity index is 2010. The van der Waals surface area contributed by atoms with Crippen molar-refractivity contribution in [3.05, 3.63) is 58.5 Å². The summed E-state index contributed by atoms with van der Waals surface area (Å²) in [5.41, 5.74) is 6.25. The number of primary amides is 1. The maximum Gasteiger partial charge on any atom is 0.405 e. The van der Waals surface area contributed by atoms with E-state index in [2.05, 4.69) is 31.9 Å². The molecule has 0 aromatic rings. The lowest BCUT2D eigenvalue weighted by molar-refractivity contribution is -0.122. The first-order chi connectivity index (χ1) is 34.0. The molecule has 2 fully saturated rings. The first-order valence-corrected chi connectivity index (χ1v) is 25.8. The van der Waals surface area contributed by atoms with E-state index in [4.69, 9.17) is 29.4 Å². The Morgan fingerprint density at radius 3 is 2.25 bits per heavy atom. The van der Waals surface area contributed by atoms with Crippen LogP contribution in [-0.2, 0) is 47.7 Å². The van der Waals surface area contributed by atoms with E-state index < -0.39 is 53.9 Å². The highest BCUT2D eigenvalue weighted by Crippen LogP contribution is 2.33. The lowest BCUT2D eigenvalue weighted by Gasteiger charge is -2.30. The van der Waals surface area contributed by atoms with Crippen molar-refractivity contribution >= 4 is 53.2 Å². The number of allylic oxidation sites excluding steroid dienone is 4. The molecule has 2 bridgehead atoms. The molecule has 4 aliphatic rings. The third kappa shape index (κ3) is 19.5. The van der Waals surface area contributed by atoms with E-state index in [9.17, 15) is 38.7 Å². The average molecular weight is 1020 g/mol. The first-order valence-electron chi connectivity index (χ1n) is 24.7. The summed E-state index contributed by atoms with van der Waals surface area (Å²) in [5.74, 6) is -1.52. The van der Waals surface area contributed by atoms with E-state index in [1.54, 1.807) is 26.0 Å². The number of nitrogens with two attached hydrogens (primary N) is 1. The Kier molecular flexibility index (Phi) is 25.3. The quantitative estimate of drug-likeness (QED) is 0.0299. The maximum absolute atomic E-state index is 14.0. The van der Waals surface area contributed by atoms with Crippen LogP contribution in [-0.4, -0.2) is 154 Å². The largest absolute Gasteiger partial charge is 0.439 e. The third-order valence-electron chi connectivity index (χ3n) is 12.8. The van der Waals surface area contributed by atoms with E-state index in [0.717, 1.165) is 43.9 Å². The molecule has 6 amide bonds. The number of ketones is 2. The topological polar surface area (TPSA) is 284 Å². The van der Waals surface area contributed by atoms with E-state index in [0.29, 0.717) is 56.2 Å². The summed E-state index contributed by atoms with van der Waals surface area (Å²) < 4.78 is 28.1. The Hall–Kier alpha value is -5.06. The van der Waals surface area contributed by atoms with Crippen molar-refractivity contribution in [1.82, 2.24) is 31.9 Å². The number of nitrogens with one attached hydrogen (secondary N) is 6. The molecule has 9 N–H and O–H groups in total. The van der Waals surface area contributed by atoms with Crippen molar-refractivity contribution in [3.63, 3.8) is 0 Å². The van der Waals surface area contributed by atoms with Gasteiger partial charge in [0.15, 0.2) is 6.10 Å². The van der Waals surface area contributed by atoms with Gasteiger partial charge in [-0.25, -0.2) is 9.59 Å². The number of urea groups is 1. The van der Waals surface area contributed by atoms with Gasteiger partial charge in [0.2, 0.25) is 23.4 Å². The number of amides is 6. The van der Waals surface area contributed by atoms with Crippen LogP contribution in [0, 0.1) is 11.8 Å². The molecule has 3 aliphatic heterocycles. The van der Waals surface area contributed by atoms with Gasteiger partial charge in [0.05, 0.1) is 62.1 Å². The summed E-state index contributed by atoms with van der Waals surface area (Å²) in [6.45, 7) is 9.04. The summed E-state index contributed by atoms with van der Waals surface area (Å²) in [6, 6.07) is 0.317. The molecule has 0 aromatic carbocycles. The SMILES string of the molecule is CO[C@H]1/C=C\C=C(/C)C(=O)NC2=CC(=O)C(NCCOCCOCCNC(=O)CCCCCNC(=O)CCCC[C@H]3SC[C@H]4NC(=O)N[C@H]43)=C(C[C@H](C)C[C@@H](OC)[C@@H](O)[C@H](C)/C=C(\C)[C@H]1OC(N)=O)C2=O. The van der Waals surface area contributed by atoms with Gasteiger partial charge in [0.1, 0.15) is 6.10 Å². The fraction of sp³-hybridized carbons (Fsp3) is 0.660. The fourth-order valence-electron chi connectivity index (χ4n) is 8.88. The van der Waals surface area contributed by atoms with E-state index in [1.165, 1.54) is 33.3 Å². The molecule has 21 heteroatoms. The molecule has 0 spiro atoms. The van der Waals surface area contributed by atoms with Gasteiger partial charge in [0, 0.05) is 80.8 Å². The summed E-state index contributed by atoms with van der Waals surface area (Å²) >= 11 is 1.88. The predicted octanol–water partition coefficient (Wildman–Crippen LogP) is 2.90. The van der Waals surface area contributed by atoms with Gasteiger partial charge in [0.25, 0.3) is 5.91 Å². The van der Waals surface area contributed by atoms with Crippen molar-refractivity contribution in [2.75, 3.05) is 66.0 Å². The predicted molar refractivity (Wildman–Crippen MR) is 268 cm³/mol. The molecule has 0 saturated carbocycles.